The summed E-state index contributed by atoms with van der Waals surface area (Å²) >= 11 is 1.41. The molecule has 0 atom stereocenters. The molecule has 1 N–H and O–H groups in total. The first-order chi connectivity index (χ1) is 12.1. The zero-order valence-corrected chi connectivity index (χ0v) is 15.0. The number of hydrogen-bond acceptors (Lipinski definition) is 6. The molecule has 2 aromatic heterocycles. The molecule has 0 bridgehead atoms. The molecule has 2 aliphatic heterocycles. The molecular formula is C17H21N5O2S. The van der Waals surface area contributed by atoms with Crippen molar-refractivity contribution in [2.24, 2.45) is 5.92 Å². The second kappa shape index (κ2) is 6.59. The van der Waals surface area contributed by atoms with E-state index in [9.17, 15) is 9.59 Å². The van der Waals surface area contributed by atoms with E-state index in [2.05, 4.69) is 21.8 Å². The van der Waals surface area contributed by atoms with E-state index in [1.807, 2.05) is 0 Å². The van der Waals surface area contributed by atoms with Crippen LogP contribution in [0.2, 0.25) is 0 Å². The minimum atomic E-state index is -0.0951. The van der Waals surface area contributed by atoms with Crippen molar-refractivity contribution in [3.05, 3.63) is 38.2 Å². The summed E-state index contributed by atoms with van der Waals surface area (Å²) in [6.07, 6.45) is 2.75. The Morgan fingerprint density at radius 2 is 2.12 bits per heavy atom. The summed E-state index contributed by atoms with van der Waals surface area (Å²) in [5.41, 5.74) is 3.47. The molecule has 0 spiro atoms. The van der Waals surface area contributed by atoms with Crippen molar-refractivity contribution < 1.29 is 4.79 Å². The number of fused-ring (bicyclic) bond motifs is 1. The molecule has 25 heavy (non-hydrogen) atoms. The van der Waals surface area contributed by atoms with E-state index in [-0.39, 0.29) is 11.5 Å². The van der Waals surface area contributed by atoms with Gasteiger partial charge in [-0.15, -0.1) is 11.3 Å². The summed E-state index contributed by atoms with van der Waals surface area (Å²) in [6.45, 7) is 4.96. The normalized spacial score (nSPS) is 18.3. The van der Waals surface area contributed by atoms with Crippen molar-refractivity contribution in [2.45, 2.75) is 32.7 Å². The van der Waals surface area contributed by atoms with Crippen LogP contribution in [0.1, 0.15) is 41.5 Å². The lowest BCUT2D eigenvalue weighted by Gasteiger charge is -2.32. The monoisotopic (exact) mass is 359 g/mol. The second-order valence-electron chi connectivity index (χ2n) is 6.83. The van der Waals surface area contributed by atoms with Crippen LogP contribution in [0.4, 0.5) is 5.95 Å². The van der Waals surface area contributed by atoms with Gasteiger partial charge in [0.2, 0.25) is 5.95 Å². The molecule has 1 amide bonds. The Balaban J connectivity index is 1.58. The molecule has 0 radical (unpaired) electrons. The first-order valence-corrected chi connectivity index (χ1v) is 9.60. The van der Waals surface area contributed by atoms with Crippen LogP contribution >= 0.6 is 11.3 Å². The first kappa shape index (κ1) is 16.3. The van der Waals surface area contributed by atoms with Gasteiger partial charge in [0.1, 0.15) is 5.69 Å². The topological polar surface area (TPSA) is 82.2 Å². The van der Waals surface area contributed by atoms with Gasteiger partial charge in [-0.2, -0.15) is 0 Å². The average Bonchev–Trinajstić information content (AvgIpc) is 3.16. The second-order valence-corrected chi connectivity index (χ2v) is 7.55. The lowest BCUT2D eigenvalue weighted by atomic mass is 9.99. The third-order valence-electron chi connectivity index (χ3n) is 5.08. The molecule has 0 aliphatic carbocycles. The van der Waals surface area contributed by atoms with Crippen LogP contribution in [0.25, 0.3) is 0 Å². The zero-order valence-electron chi connectivity index (χ0n) is 14.2. The lowest BCUT2D eigenvalue weighted by Crippen LogP contribution is -2.41. The van der Waals surface area contributed by atoms with Crippen LogP contribution in [0.15, 0.2) is 15.7 Å². The van der Waals surface area contributed by atoms with Gasteiger partial charge < -0.3 is 9.80 Å². The Morgan fingerprint density at radius 1 is 1.32 bits per heavy atom. The fourth-order valence-electron chi connectivity index (χ4n) is 3.45. The standard InChI is InChI=1S/C17H21N5O2S/c1-11-2-5-21(6-3-11)17-19-13-8-22(7-4-12(13)15(23)20-17)16(24)14-9-25-10-18-14/h9-11H,2-8H2,1H3,(H,19,20,23). The molecule has 1 saturated heterocycles. The van der Waals surface area contributed by atoms with Gasteiger partial charge in [-0.3, -0.25) is 14.6 Å². The van der Waals surface area contributed by atoms with E-state index in [1.54, 1.807) is 15.8 Å². The number of aromatic amines is 1. The number of nitrogens with one attached hydrogen (secondary N) is 1. The maximum atomic E-state index is 12.5. The Hall–Kier alpha value is -2.22. The highest BCUT2D eigenvalue weighted by molar-refractivity contribution is 7.07. The van der Waals surface area contributed by atoms with Crippen molar-refractivity contribution in [3.8, 4) is 0 Å². The number of nitrogens with zero attached hydrogens (tertiary/aromatic N) is 4. The number of hydrogen-bond donors (Lipinski definition) is 1. The Bertz CT molecular complexity index is 824. The molecule has 7 nitrogen and oxygen atoms in total. The number of anilines is 1. The number of carbonyl (C=O) groups excluding carboxylic acids is 1. The van der Waals surface area contributed by atoms with E-state index in [0.717, 1.165) is 25.9 Å². The maximum Gasteiger partial charge on any atom is 0.273 e. The molecule has 132 valence electrons. The van der Waals surface area contributed by atoms with E-state index in [0.29, 0.717) is 48.3 Å². The van der Waals surface area contributed by atoms with Crippen molar-refractivity contribution in [1.29, 1.82) is 0 Å². The predicted molar refractivity (Wildman–Crippen MR) is 96.0 cm³/mol. The molecular weight excluding hydrogens is 338 g/mol. The van der Waals surface area contributed by atoms with Gasteiger partial charge in [-0.1, -0.05) is 6.92 Å². The third-order valence-corrected chi connectivity index (χ3v) is 5.67. The van der Waals surface area contributed by atoms with Gasteiger partial charge in [0.25, 0.3) is 11.5 Å². The van der Waals surface area contributed by atoms with Crippen LogP contribution in [0, 0.1) is 5.92 Å². The van der Waals surface area contributed by atoms with Crippen molar-refractivity contribution in [3.63, 3.8) is 0 Å². The van der Waals surface area contributed by atoms with Gasteiger partial charge in [0, 0.05) is 30.6 Å². The Kier molecular flexibility index (Phi) is 4.29. The van der Waals surface area contributed by atoms with Crippen LogP contribution < -0.4 is 10.5 Å². The molecule has 2 aliphatic rings. The highest BCUT2D eigenvalue weighted by Gasteiger charge is 2.27. The molecule has 4 heterocycles. The van der Waals surface area contributed by atoms with Gasteiger partial charge in [0.05, 0.1) is 17.7 Å². The first-order valence-electron chi connectivity index (χ1n) is 8.66. The van der Waals surface area contributed by atoms with Crippen molar-refractivity contribution in [1.82, 2.24) is 19.9 Å². The number of thiazole rings is 1. The van der Waals surface area contributed by atoms with Gasteiger partial charge >= 0.3 is 0 Å². The average molecular weight is 359 g/mol. The van der Waals surface area contributed by atoms with Crippen LogP contribution in [-0.4, -0.2) is 45.4 Å². The van der Waals surface area contributed by atoms with Gasteiger partial charge in [0.15, 0.2) is 0 Å². The minimum absolute atomic E-state index is 0.0700. The SMILES string of the molecule is CC1CCN(c2nc3c(c(=O)[nH]2)CCN(C(=O)c2cscn2)C3)CC1. The van der Waals surface area contributed by atoms with Crippen molar-refractivity contribution in [2.75, 3.05) is 24.5 Å². The lowest BCUT2D eigenvalue weighted by molar-refractivity contribution is 0.0726. The number of amides is 1. The number of aromatic nitrogens is 3. The number of H-pyrrole nitrogens is 1. The molecule has 4 rings (SSSR count). The van der Waals surface area contributed by atoms with E-state index < -0.39 is 0 Å². The van der Waals surface area contributed by atoms with E-state index in [4.69, 9.17) is 4.98 Å². The van der Waals surface area contributed by atoms with Crippen LogP contribution in [0.5, 0.6) is 0 Å². The van der Waals surface area contributed by atoms with Gasteiger partial charge in [-0.25, -0.2) is 9.97 Å². The zero-order chi connectivity index (χ0) is 17.4. The third kappa shape index (κ3) is 3.18. The molecule has 0 aromatic carbocycles. The molecule has 0 saturated carbocycles. The highest BCUT2D eigenvalue weighted by atomic mass is 32.1. The maximum absolute atomic E-state index is 12.5. The number of rotatable bonds is 2. The smallest absolute Gasteiger partial charge is 0.273 e. The van der Waals surface area contributed by atoms with Crippen LogP contribution in [-0.2, 0) is 13.0 Å². The minimum Gasteiger partial charge on any atom is -0.342 e. The quantitative estimate of drug-likeness (QED) is 0.882. The van der Waals surface area contributed by atoms with E-state index in [1.165, 1.54) is 11.3 Å². The fraction of sp³-hybridized carbons (Fsp3) is 0.529. The summed E-state index contributed by atoms with van der Waals surface area (Å²) in [4.78, 5) is 40.6. The van der Waals surface area contributed by atoms with E-state index >= 15 is 0 Å². The Labute approximate surface area is 149 Å². The summed E-state index contributed by atoms with van der Waals surface area (Å²) in [6, 6.07) is 0. The predicted octanol–water partition coefficient (Wildman–Crippen LogP) is 1.66. The molecule has 8 heteroatoms. The summed E-state index contributed by atoms with van der Waals surface area (Å²) < 4.78 is 0. The molecule has 2 aromatic rings. The van der Waals surface area contributed by atoms with Crippen LogP contribution in [0.3, 0.4) is 0 Å². The van der Waals surface area contributed by atoms with Crippen molar-refractivity contribution >= 4 is 23.2 Å². The summed E-state index contributed by atoms with van der Waals surface area (Å²) in [7, 11) is 0. The molecule has 1 fully saturated rings. The number of piperidine rings is 1. The number of carbonyl (C=O) groups is 1. The molecule has 0 unspecified atom stereocenters. The van der Waals surface area contributed by atoms with Gasteiger partial charge in [-0.05, 0) is 25.2 Å². The summed E-state index contributed by atoms with van der Waals surface area (Å²) in [5.74, 6) is 1.26. The Morgan fingerprint density at radius 3 is 2.84 bits per heavy atom. The fourth-order valence-corrected chi connectivity index (χ4v) is 3.98. The summed E-state index contributed by atoms with van der Waals surface area (Å²) in [5, 5.41) is 1.75. The largest absolute Gasteiger partial charge is 0.342 e. The highest BCUT2D eigenvalue weighted by Crippen LogP contribution is 2.22.